The van der Waals surface area contributed by atoms with Gasteiger partial charge in [0.25, 0.3) is 5.69 Å². The second-order valence-electron chi connectivity index (χ2n) is 5.01. The lowest BCUT2D eigenvalue weighted by atomic mass is 10.2. The van der Waals surface area contributed by atoms with Crippen molar-refractivity contribution in [2.75, 3.05) is 5.32 Å². The van der Waals surface area contributed by atoms with E-state index in [0.29, 0.717) is 22.5 Å². The van der Waals surface area contributed by atoms with Gasteiger partial charge < -0.3 is 9.73 Å². The van der Waals surface area contributed by atoms with Crippen molar-refractivity contribution in [1.29, 1.82) is 0 Å². The molecule has 112 valence electrons. The van der Waals surface area contributed by atoms with Crippen LogP contribution in [-0.4, -0.2) is 9.49 Å². The molecule has 0 saturated carbocycles. The van der Waals surface area contributed by atoms with Crippen LogP contribution in [0, 0.1) is 17.0 Å². The molecule has 0 amide bonds. The van der Waals surface area contributed by atoms with E-state index < -0.39 is 10.7 Å². The van der Waals surface area contributed by atoms with E-state index in [1.807, 2.05) is 0 Å². The van der Waals surface area contributed by atoms with Gasteiger partial charge >= 0.3 is 5.76 Å². The van der Waals surface area contributed by atoms with Gasteiger partial charge in [0.1, 0.15) is 5.69 Å². The number of nitro groups is 1. The molecule has 22 heavy (non-hydrogen) atoms. The molecule has 0 radical (unpaired) electrons. The van der Waals surface area contributed by atoms with Gasteiger partial charge in [-0.25, -0.2) is 4.79 Å². The molecule has 1 aromatic heterocycles. The van der Waals surface area contributed by atoms with Crippen LogP contribution in [0.2, 0.25) is 0 Å². The Morgan fingerprint density at radius 3 is 2.73 bits per heavy atom. The number of rotatable bonds is 3. The summed E-state index contributed by atoms with van der Waals surface area (Å²) in [4.78, 5) is 22.2. The number of hydrogen-bond acceptors (Lipinski definition) is 5. The minimum Gasteiger partial charge on any atom is -0.408 e. The molecule has 7 heteroatoms. The Morgan fingerprint density at radius 2 is 2.00 bits per heavy atom. The Balaban J connectivity index is 2.03. The lowest BCUT2D eigenvalue weighted by Crippen LogP contribution is -2.08. The van der Waals surface area contributed by atoms with Crippen molar-refractivity contribution in [2.45, 2.75) is 6.92 Å². The number of nitro benzene ring substituents is 1. The average Bonchev–Trinajstić information content (AvgIpc) is 2.75. The van der Waals surface area contributed by atoms with Gasteiger partial charge in [0, 0.05) is 24.9 Å². The quantitative estimate of drug-likeness (QED) is 0.593. The van der Waals surface area contributed by atoms with Gasteiger partial charge in [0.05, 0.1) is 10.4 Å². The van der Waals surface area contributed by atoms with E-state index in [1.54, 1.807) is 44.3 Å². The zero-order chi connectivity index (χ0) is 15.9. The molecule has 0 aliphatic heterocycles. The molecule has 7 nitrogen and oxygen atoms in total. The van der Waals surface area contributed by atoms with Gasteiger partial charge in [-0.05, 0) is 30.7 Å². The normalized spacial score (nSPS) is 10.8. The molecule has 2 aromatic carbocycles. The van der Waals surface area contributed by atoms with Gasteiger partial charge in [0.15, 0.2) is 5.58 Å². The first-order chi connectivity index (χ1) is 10.5. The zero-order valence-corrected chi connectivity index (χ0v) is 12.0. The summed E-state index contributed by atoms with van der Waals surface area (Å²) in [5.41, 5.74) is 2.87. The topological polar surface area (TPSA) is 90.3 Å². The maximum Gasteiger partial charge on any atom is 0.419 e. The van der Waals surface area contributed by atoms with E-state index in [9.17, 15) is 14.9 Å². The minimum absolute atomic E-state index is 0.00499. The third kappa shape index (κ3) is 2.32. The van der Waals surface area contributed by atoms with Crippen LogP contribution in [0.15, 0.2) is 45.6 Å². The number of fused-ring (bicyclic) bond motifs is 1. The lowest BCUT2D eigenvalue weighted by Gasteiger charge is -2.07. The summed E-state index contributed by atoms with van der Waals surface area (Å²) in [6.45, 7) is 1.79. The van der Waals surface area contributed by atoms with Crippen LogP contribution in [0.4, 0.5) is 17.1 Å². The SMILES string of the molecule is Cc1ccc(Nc2ccc3c(c2)oc(=O)n3C)c([N+](=O)[O-])c1. The number of hydrogen-bond donors (Lipinski definition) is 1. The van der Waals surface area contributed by atoms with Gasteiger partial charge in [-0.3, -0.25) is 14.7 Å². The zero-order valence-electron chi connectivity index (χ0n) is 12.0. The molecule has 1 N–H and O–H groups in total. The number of aromatic nitrogens is 1. The number of aryl methyl sites for hydroxylation is 2. The Kier molecular flexibility index (Phi) is 3.17. The number of nitrogens with zero attached hydrogens (tertiary/aromatic N) is 2. The standard InChI is InChI=1S/C15H13N3O4/c1-9-3-5-11(13(7-9)18(20)21)16-10-4-6-12-14(8-10)22-15(19)17(12)2/h3-8,16H,1-2H3. The second-order valence-corrected chi connectivity index (χ2v) is 5.01. The summed E-state index contributed by atoms with van der Waals surface area (Å²) in [5.74, 6) is -0.450. The molecule has 0 bridgehead atoms. The second kappa shape index (κ2) is 5.03. The fraction of sp³-hybridized carbons (Fsp3) is 0.133. The average molecular weight is 299 g/mol. The molecule has 0 atom stereocenters. The van der Waals surface area contributed by atoms with Crippen molar-refractivity contribution in [3.63, 3.8) is 0 Å². The maximum atomic E-state index is 11.5. The molecule has 0 fully saturated rings. The predicted octanol–water partition coefficient (Wildman–Crippen LogP) is 3.09. The van der Waals surface area contributed by atoms with E-state index in [0.717, 1.165) is 5.56 Å². The molecule has 3 rings (SSSR count). The highest BCUT2D eigenvalue weighted by molar-refractivity contribution is 5.80. The molecule has 3 aromatic rings. The van der Waals surface area contributed by atoms with Gasteiger partial charge in [0.2, 0.25) is 0 Å². The van der Waals surface area contributed by atoms with Crippen LogP contribution in [-0.2, 0) is 7.05 Å². The van der Waals surface area contributed by atoms with E-state index >= 15 is 0 Å². The van der Waals surface area contributed by atoms with Crippen molar-refractivity contribution in [1.82, 2.24) is 4.57 Å². The van der Waals surface area contributed by atoms with E-state index in [1.165, 1.54) is 10.6 Å². The van der Waals surface area contributed by atoms with Crippen LogP contribution >= 0.6 is 0 Å². The molecule has 0 aliphatic rings. The molecule has 0 aliphatic carbocycles. The Hall–Kier alpha value is -3.09. The summed E-state index contributed by atoms with van der Waals surface area (Å²) in [6.07, 6.45) is 0. The van der Waals surface area contributed by atoms with E-state index in [4.69, 9.17) is 4.42 Å². The minimum atomic E-state index is -0.450. The van der Waals surface area contributed by atoms with Crippen molar-refractivity contribution in [3.05, 3.63) is 62.6 Å². The number of anilines is 2. The third-order valence-corrected chi connectivity index (χ3v) is 3.42. The lowest BCUT2D eigenvalue weighted by molar-refractivity contribution is -0.384. The Bertz CT molecular complexity index is 940. The molecular formula is C15H13N3O4. The molecule has 0 unspecified atom stereocenters. The molecule has 1 heterocycles. The Morgan fingerprint density at radius 1 is 1.23 bits per heavy atom. The Labute approximate surface area is 124 Å². The molecule has 0 spiro atoms. The van der Waals surface area contributed by atoms with E-state index in [-0.39, 0.29) is 5.69 Å². The first kappa shape index (κ1) is 13.9. The fourth-order valence-electron chi connectivity index (χ4n) is 2.27. The van der Waals surface area contributed by atoms with Crippen molar-refractivity contribution in [2.24, 2.45) is 7.05 Å². The summed E-state index contributed by atoms with van der Waals surface area (Å²) in [5, 5.41) is 14.1. The van der Waals surface area contributed by atoms with Crippen LogP contribution in [0.1, 0.15) is 5.56 Å². The first-order valence-corrected chi connectivity index (χ1v) is 6.57. The smallest absolute Gasteiger partial charge is 0.408 e. The maximum absolute atomic E-state index is 11.5. The predicted molar refractivity (Wildman–Crippen MR) is 82.6 cm³/mol. The highest BCUT2D eigenvalue weighted by Gasteiger charge is 2.14. The van der Waals surface area contributed by atoms with Crippen LogP contribution in [0.5, 0.6) is 0 Å². The first-order valence-electron chi connectivity index (χ1n) is 6.57. The van der Waals surface area contributed by atoms with Gasteiger partial charge in [-0.2, -0.15) is 0 Å². The van der Waals surface area contributed by atoms with Crippen LogP contribution in [0.25, 0.3) is 11.1 Å². The number of oxazole rings is 1. The van der Waals surface area contributed by atoms with Gasteiger partial charge in [-0.15, -0.1) is 0 Å². The monoisotopic (exact) mass is 299 g/mol. The van der Waals surface area contributed by atoms with Crippen molar-refractivity contribution < 1.29 is 9.34 Å². The number of benzene rings is 2. The third-order valence-electron chi connectivity index (χ3n) is 3.42. The number of nitrogens with one attached hydrogen (secondary N) is 1. The molecular weight excluding hydrogens is 286 g/mol. The largest absolute Gasteiger partial charge is 0.419 e. The summed E-state index contributed by atoms with van der Waals surface area (Å²) < 4.78 is 6.50. The highest BCUT2D eigenvalue weighted by atomic mass is 16.6. The summed E-state index contributed by atoms with van der Waals surface area (Å²) in [6, 6.07) is 10.0. The van der Waals surface area contributed by atoms with Crippen molar-refractivity contribution >= 4 is 28.2 Å². The van der Waals surface area contributed by atoms with E-state index in [2.05, 4.69) is 5.32 Å². The van der Waals surface area contributed by atoms with Crippen LogP contribution < -0.4 is 11.1 Å². The summed E-state index contributed by atoms with van der Waals surface area (Å²) >= 11 is 0. The molecule has 0 saturated heterocycles. The van der Waals surface area contributed by atoms with Crippen molar-refractivity contribution in [3.8, 4) is 0 Å². The van der Waals surface area contributed by atoms with Crippen LogP contribution in [0.3, 0.4) is 0 Å². The fourth-order valence-corrected chi connectivity index (χ4v) is 2.27. The van der Waals surface area contributed by atoms with Gasteiger partial charge in [-0.1, -0.05) is 6.07 Å². The summed E-state index contributed by atoms with van der Waals surface area (Å²) in [7, 11) is 1.62. The highest BCUT2D eigenvalue weighted by Crippen LogP contribution is 2.29.